The van der Waals surface area contributed by atoms with Crippen molar-refractivity contribution in [2.45, 2.75) is 0 Å². The number of phenolic OH excluding ortho intramolecular Hbond substituents is 3. The summed E-state index contributed by atoms with van der Waals surface area (Å²) in [6.07, 6.45) is 0. The Labute approximate surface area is 157 Å². The molecule has 0 saturated carbocycles. The quantitative estimate of drug-likeness (QED) is 0.435. The molecule has 4 rings (SSSR count). The number of phenols is 3. The van der Waals surface area contributed by atoms with Crippen LogP contribution in [0.5, 0.6) is 17.2 Å². The molecule has 3 N–H and O–H groups in total. The van der Waals surface area contributed by atoms with Gasteiger partial charge in [0.15, 0.2) is 0 Å². The summed E-state index contributed by atoms with van der Waals surface area (Å²) in [6.45, 7) is 0. The maximum absolute atomic E-state index is 10.5. The van der Waals surface area contributed by atoms with Crippen LogP contribution in [0.15, 0.2) is 91.0 Å². The number of hydrogen-bond acceptors (Lipinski definition) is 3. The molecule has 0 aliphatic rings. The Bertz CT molecular complexity index is 1050. The summed E-state index contributed by atoms with van der Waals surface area (Å²) in [5, 5.41) is 31.3. The lowest BCUT2D eigenvalue weighted by atomic mass is 9.87. The molecule has 4 aromatic rings. The van der Waals surface area contributed by atoms with Crippen molar-refractivity contribution in [1.29, 1.82) is 0 Å². The Hall–Kier alpha value is -3.72. The van der Waals surface area contributed by atoms with E-state index in [0.717, 1.165) is 16.7 Å². The summed E-state index contributed by atoms with van der Waals surface area (Å²) in [5.74, 6) is 0.448. The van der Waals surface area contributed by atoms with Crippen LogP contribution in [0.1, 0.15) is 0 Å². The van der Waals surface area contributed by atoms with Crippen LogP contribution >= 0.6 is 0 Å². The topological polar surface area (TPSA) is 60.7 Å². The summed E-state index contributed by atoms with van der Waals surface area (Å²) >= 11 is 0. The third kappa shape index (κ3) is 3.00. The third-order valence-electron chi connectivity index (χ3n) is 4.63. The van der Waals surface area contributed by atoms with Gasteiger partial charge in [-0.1, -0.05) is 72.8 Å². The lowest BCUT2D eigenvalue weighted by Crippen LogP contribution is -1.91. The highest BCUT2D eigenvalue weighted by molar-refractivity contribution is 5.98. The van der Waals surface area contributed by atoms with E-state index in [-0.39, 0.29) is 17.2 Å². The lowest BCUT2D eigenvalue weighted by Gasteiger charge is -2.18. The van der Waals surface area contributed by atoms with E-state index in [1.165, 1.54) is 0 Å². The highest BCUT2D eigenvalue weighted by atomic mass is 16.3. The molecular formula is C24H18O3. The Balaban J connectivity index is 2.10. The van der Waals surface area contributed by atoms with Gasteiger partial charge in [0.1, 0.15) is 17.2 Å². The Morgan fingerprint density at radius 2 is 0.667 bits per heavy atom. The zero-order chi connectivity index (χ0) is 18.8. The fourth-order valence-electron chi connectivity index (χ4n) is 3.38. The summed E-state index contributed by atoms with van der Waals surface area (Å²) in [5.41, 5.74) is 4.25. The monoisotopic (exact) mass is 354 g/mol. The third-order valence-corrected chi connectivity index (χ3v) is 4.63. The molecule has 0 atom stereocenters. The average molecular weight is 354 g/mol. The van der Waals surface area contributed by atoms with Crippen LogP contribution in [-0.2, 0) is 0 Å². The van der Waals surface area contributed by atoms with Gasteiger partial charge in [-0.15, -0.1) is 0 Å². The van der Waals surface area contributed by atoms with E-state index in [9.17, 15) is 15.3 Å². The van der Waals surface area contributed by atoms with Crippen molar-refractivity contribution in [1.82, 2.24) is 0 Å². The van der Waals surface area contributed by atoms with Crippen LogP contribution in [-0.4, -0.2) is 15.3 Å². The fourth-order valence-corrected chi connectivity index (χ4v) is 3.38. The molecule has 0 spiro atoms. The minimum atomic E-state index is 0.136. The Kier molecular flexibility index (Phi) is 4.27. The van der Waals surface area contributed by atoms with Gasteiger partial charge < -0.3 is 15.3 Å². The maximum Gasteiger partial charge on any atom is 0.123 e. The van der Waals surface area contributed by atoms with E-state index in [1.54, 1.807) is 36.4 Å². The minimum absolute atomic E-state index is 0.136. The van der Waals surface area contributed by atoms with Crippen molar-refractivity contribution < 1.29 is 15.3 Å². The normalized spacial score (nSPS) is 10.7. The molecule has 0 amide bonds. The number of benzene rings is 4. The van der Waals surface area contributed by atoms with E-state index in [1.807, 2.05) is 54.6 Å². The number of para-hydroxylation sites is 3. The molecule has 0 bridgehead atoms. The van der Waals surface area contributed by atoms with Gasteiger partial charge in [0, 0.05) is 22.3 Å². The lowest BCUT2D eigenvalue weighted by molar-refractivity contribution is 0.475. The van der Waals surface area contributed by atoms with Crippen molar-refractivity contribution in [3.8, 4) is 50.6 Å². The van der Waals surface area contributed by atoms with Crippen LogP contribution in [0.3, 0.4) is 0 Å². The molecule has 0 radical (unpaired) electrons. The molecule has 4 aromatic carbocycles. The van der Waals surface area contributed by atoms with Gasteiger partial charge in [-0.25, -0.2) is 0 Å². The van der Waals surface area contributed by atoms with Gasteiger partial charge in [-0.05, 0) is 29.3 Å². The number of hydrogen-bond donors (Lipinski definition) is 3. The van der Waals surface area contributed by atoms with E-state index < -0.39 is 0 Å². The second kappa shape index (κ2) is 6.89. The molecule has 0 saturated heterocycles. The van der Waals surface area contributed by atoms with Crippen molar-refractivity contribution in [3.05, 3.63) is 91.0 Å². The summed E-state index contributed by atoms with van der Waals surface area (Å²) in [7, 11) is 0. The van der Waals surface area contributed by atoms with E-state index in [2.05, 4.69) is 0 Å². The molecule has 0 aromatic heterocycles. The smallest absolute Gasteiger partial charge is 0.123 e. The van der Waals surface area contributed by atoms with Gasteiger partial charge in [0.25, 0.3) is 0 Å². The first-order valence-corrected chi connectivity index (χ1v) is 8.65. The molecule has 0 aliphatic heterocycles. The first kappa shape index (κ1) is 16.7. The number of aromatic hydroxyl groups is 3. The average Bonchev–Trinajstić information content (AvgIpc) is 2.69. The van der Waals surface area contributed by atoms with Crippen molar-refractivity contribution in [2.75, 3.05) is 0 Å². The largest absolute Gasteiger partial charge is 0.507 e. The second-order valence-electron chi connectivity index (χ2n) is 6.28. The summed E-state index contributed by atoms with van der Waals surface area (Å²) in [4.78, 5) is 0. The zero-order valence-corrected chi connectivity index (χ0v) is 14.5. The molecule has 3 nitrogen and oxygen atoms in total. The zero-order valence-electron chi connectivity index (χ0n) is 14.5. The molecule has 27 heavy (non-hydrogen) atoms. The van der Waals surface area contributed by atoms with Crippen molar-refractivity contribution in [3.63, 3.8) is 0 Å². The summed E-state index contributed by atoms with van der Waals surface area (Å²) < 4.78 is 0. The van der Waals surface area contributed by atoms with Crippen LogP contribution in [0.4, 0.5) is 0 Å². The van der Waals surface area contributed by atoms with Crippen molar-refractivity contribution in [2.24, 2.45) is 0 Å². The molecule has 0 unspecified atom stereocenters. The summed E-state index contributed by atoms with van der Waals surface area (Å²) in [6, 6.07) is 27.0. The van der Waals surface area contributed by atoms with Crippen LogP contribution < -0.4 is 0 Å². The Morgan fingerprint density at radius 3 is 1.07 bits per heavy atom. The van der Waals surface area contributed by atoms with E-state index in [0.29, 0.717) is 16.7 Å². The fraction of sp³-hybridized carbons (Fsp3) is 0. The van der Waals surface area contributed by atoms with Gasteiger partial charge in [-0.2, -0.15) is 0 Å². The van der Waals surface area contributed by atoms with E-state index >= 15 is 0 Å². The maximum atomic E-state index is 10.5. The minimum Gasteiger partial charge on any atom is -0.507 e. The molecule has 0 heterocycles. The van der Waals surface area contributed by atoms with Crippen LogP contribution in [0, 0.1) is 0 Å². The standard InChI is InChI=1S/C24H18O3/c25-21-13-4-1-8-16(21)18-11-7-12-19(17-9-2-5-14-22(17)26)24(18)20-10-3-6-15-23(20)27/h1-15,25-27H. The number of rotatable bonds is 3. The predicted octanol–water partition coefficient (Wildman–Crippen LogP) is 5.80. The van der Waals surface area contributed by atoms with Crippen molar-refractivity contribution >= 4 is 0 Å². The van der Waals surface area contributed by atoms with Gasteiger partial charge in [-0.3, -0.25) is 0 Å². The van der Waals surface area contributed by atoms with E-state index in [4.69, 9.17) is 0 Å². The molecule has 132 valence electrons. The molecule has 0 aliphatic carbocycles. The van der Waals surface area contributed by atoms with Gasteiger partial charge in [0.05, 0.1) is 0 Å². The second-order valence-corrected chi connectivity index (χ2v) is 6.28. The SMILES string of the molecule is Oc1ccccc1-c1cccc(-c2ccccc2O)c1-c1ccccc1O. The Morgan fingerprint density at radius 1 is 0.333 bits per heavy atom. The van der Waals surface area contributed by atoms with Crippen LogP contribution in [0.2, 0.25) is 0 Å². The first-order chi connectivity index (χ1) is 13.2. The molecule has 0 fully saturated rings. The molecular weight excluding hydrogens is 336 g/mol. The highest BCUT2D eigenvalue weighted by Gasteiger charge is 2.19. The predicted molar refractivity (Wildman–Crippen MR) is 108 cm³/mol. The highest BCUT2D eigenvalue weighted by Crippen LogP contribution is 2.46. The van der Waals surface area contributed by atoms with Gasteiger partial charge in [0.2, 0.25) is 0 Å². The van der Waals surface area contributed by atoms with Gasteiger partial charge >= 0.3 is 0 Å². The first-order valence-electron chi connectivity index (χ1n) is 8.65. The molecule has 3 heteroatoms. The van der Waals surface area contributed by atoms with Crippen LogP contribution in [0.25, 0.3) is 33.4 Å².